The Morgan fingerprint density at radius 2 is 2.20 bits per heavy atom. The molecule has 3 aromatic heterocycles. The highest BCUT2D eigenvalue weighted by Crippen LogP contribution is 2.09. The number of amides is 1. The smallest absolute Gasteiger partial charge is 0.270 e. The van der Waals surface area contributed by atoms with Gasteiger partial charge in [-0.25, -0.2) is 9.50 Å². The van der Waals surface area contributed by atoms with Crippen molar-refractivity contribution >= 4 is 11.6 Å². The predicted octanol–water partition coefficient (Wildman–Crippen LogP) is 1.87. The molecule has 1 amide bonds. The molecule has 3 rings (SSSR count). The van der Waals surface area contributed by atoms with Crippen LogP contribution in [0.2, 0.25) is 0 Å². The quantitative estimate of drug-likeness (QED) is 0.788. The molecular weight excluding hydrogens is 256 g/mol. The number of hydrogen-bond acceptors (Lipinski definition) is 4. The van der Waals surface area contributed by atoms with Crippen LogP contribution in [0, 0.1) is 13.8 Å². The van der Waals surface area contributed by atoms with Gasteiger partial charge in [-0.15, -0.1) is 0 Å². The normalized spacial score (nSPS) is 10.9. The van der Waals surface area contributed by atoms with Crippen molar-refractivity contribution in [3.8, 4) is 0 Å². The highest BCUT2D eigenvalue weighted by molar-refractivity contribution is 5.93. The summed E-state index contributed by atoms with van der Waals surface area (Å²) in [7, 11) is 0. The summed E-state index contributed by atoms with van der Waals surface area (Å²) < 4.78 is 6.74. The van der Waals surface area contributed by atoms with Crippen molar-refractivity contribution in [1.82, 2.24) is 19.9 Å². The molecule has 6 nitrogen and oxygen atoms in total. The number of aromatic nitrogens is 3. The molecule has 3 aromatic rings. The van der Waals surface area contributed by atoms with Crippen molar-refractivity contribution in [2.75, 3.05) is 0 Å². The third kappa shape index (κ3) is 2.27. The summed E-state index contributed by atoms with van der Waals surface area (Å²) in [4.78, 5) is 16.6. The number of nitrogens with one attached hydrogen (secondary N) is 1. The van der Waals surface area contributed by atoms with Crippen LogP contribution in [0.3, 0.4) is 0 Å². The number of rotatable bonds is 3. The molecule has 0 atom stereocenters. The lowest BCUT2D eigenvalue weighted by Crippen LogP contribution is -2.25. The van der Waals surface area contributed by atoms with Gasteiger partial charge in [-0.2, -0.15) is 5.10 Å². The van der Waals surface area contributed by atoms with E-state index in [1.54, 1.807) is 22.9 Å². The summed E-state index contributed by atoms with van der Waals surface area (Å²) in [6, 6.07) is 7.16. The number of furan rings is 1. The predicted molar refractivity (Wildman–Crippen MR) is 72.3 cm³/mol. The van der Waals surface area contributed by atoms with Gasteiger partial charge in [0.1, 0.15) is 11.5 Å². The molecule has 0 aliphatic rings. The zero-order valence-corrected chi connectivity index (χ0v) is 11.3. The van der Waals surface area contributed by atoms with E-state index in [9.17, 15) is 4.79 Å². The molecule has 20 heavy (non-hydrogen) atoms. The fourth-order valence-corrected chi connectivity index (χ4v) is 2.05. The Balaban J connectivity index is 1.90. The van der Waals surface area contributed by atoms with Crippen molar-refractivity contribution in [2.24, 2.45) is 0 Å². The van der Waals surface area contributed by atoms with E-state index < -0.39 is 0 Å². The van der Waals surface area contributed by atoms with Crippen molar-refractivity contribution in [1.29, 1.82) is 0 Å². The zero-order chi connectivity index (χ0) is 14.1. The van der Waals surface area contributed by atoms with Crippen LogP contribution in [0.5, 0.6) is 0 Å². The maximum Gasteiger partial charge on any atom is 0.270 e. The molecule has 0 saturated heterocycles. The van der Waals surface area contributed by atoms with Crippen molar-refractivity contribution in [3.05, 3.63) is 53.4 Å². The molecule has 0 aliphatic heterocycles. The van der Waals surface area contributed by atoms with Gasteiger partial charge in [0.25, 0.3) is 5.91 Å². The second-order valence-corrected chi connectivity index (χ2v) is 4.60. The summed E-state index contributed by atoms with van der Waals surface area (Å²) in [5, 5.41) is 7.10. The molecule has 6 heteroatoms. The van der Waals surface area contributed by atoms with E-state index in [0.29, 0.717) is 23.6 Å². The van der Waals surface area contributed by atoms with Crippen LogP contribution in [-0.2, 0) is 6.54 Å². The monoisotopic (exact) mass is 270 g/mol. The summed E-state index contributed by atoms with van der Waals surface area (Å²) in [6.07, 6.45) is 1.58. The Labute approximate surface area is 115 Å². The number of carbonyl (C=O) groups excluding carboxylic acids is 1. The average molecular weight is 270 g/mol. The lowest BCUT2D eigenvalue weighted by atomic mass is 10.3. The van der Waals surface area contributed by atoms with Crippen LogP contribution in [0.4, 0.5) is 0 Å². The van der Waals surface area contributed by atoms with E-state index in [1.165, 1.54) is 0 Å². The van der Waals surface area contributed by atoms with Crippen LogP contribution >= 0.6 is 0 Å². The molecule has 0 radical (unpaired) electrons. The Morgan fingerprint density at radius 3 is 2.95 bits per heavy atom. The minimum atomic E-state index is -0.208. The fourth-order valence-electron chi connectivity index (χ4n) is 2.05. The topological polar surface area (TPSA) is 72.4 Å². The third-order valence-electron chi connectivity index (χ3n) is 2.91. The summed E-state index contributed by atoms with van der Waals surface area (Å²) in [6.45, 7) is 4.06. The van der Waals surface area contributed by atoms with E-state index in [4.69, 9.17) is 4.42 Å². The first-order valence-electron chi connectivity index (χ1n) is 6.28. The molecule has 0 aromatic carbocycles. The minimum absolute atomic E-state index is 0.208. The van der Waals surface area contributed by atoms with Gasteiger partial charge in [0.2, 0.25) is 0 Å². The minimum Gasteiger partial charge on any atom is -0.467 e. The molecule has 0 bridgehead atoms. The van der Waals surface area contributed by atoms with Gasteiger partial charge in [-0.1, -0.05) is 0 Å². The van der Waals surface area contributed by atoms with Crippen LogP contribution in [-0.4, -0.2) is 20.5 Å². The van der Waals surface area contributed by atoms with Crippen molar-refractivity contribution in [3.63, 3.8) is 0 Å². The molecule has 0 unspecified atom stereocenters. The summed E-state index contributed by atoms with van der Waals surface area (Å²) >= 11 is 0. The number of carbonyl (C=O) groups is 1. The SMILES string of the molecule is Cc1cc(C(=O)NCc2ccco2)n2nc(C)cc2n1. The first-order valence-corrected chi connectivity index (χ1v) is 6.28. The summed E-state index contributed by atoms with van der Waals surface area (Å²) in [5.41, 5.74) is 2.74. The third-order valence-corrected chi connectivity index (χ3v) is 2.91. The van der Waals surface area contributed by atoms with Crippen molar-refractivity contribution in [2.45, 2.75) is 20.4 Å². The molecule has 102 valence electrons. The zero-order valence-electron chi connectivity index (χ0n) is 11.3. The van der Waals surface area contributed by atoms with Crippen LogP contribution < -0.4 is 5.32 Å². The Kier molecular flexibility index (Phi) is 2.98. The van der Waals surface area contributed by atoms with E-state index in [2.05, 4.69) is 15.4 Å². The number of fused-ring (bicyclic) bond motifs is 1. The van der Waals surface area contributed by atoms with Gasteiger partial charge in [0, 0.05) is 11.8 Å². The first kappa shape index (κ1) is 12.4. The van der Waals surface area contributed by atoms with Crippen LogP contribution in [0.25, 0.3) is 5.65 Å². The number of nitrogens with zero attached hydrogens (tertiary/aromatic N) is 3. The van der Waals surface area contributed by atoms with E-state index in [-0.39, 0.29) is 5.91 Å². The lowest BCUT2D eigenvalue weighted by molar-refractivity contribution is 0.0940. The molecule has 1 N–H and O–H groups in total. The molecule has 0 spiro atoms. The highest BCUT2D eigenvalue weighted by atomic mass is 16.3. The molecule has 0 fully saturated rings. The van der Waals surface area contributed by atoms with Gasteiger partial charge in [0.15, 0.2) is 5.65 Å². The molecule has 3 heterocycles. The van der Waals surface area contributed by atoms with Crippen molar-refractivity contribution < 1.29 is 9.21 Å². The van der Waals surface area contributed by atoms with Crippen LogP contribution in [0.1, 0.15) is 27.6 Å². The average Bonchev–Trinajstić information content (AvgIpc) is 3.03. The van der Waals surface area contributed by atoms with E-state index in [1.807, 2.05) is 26.0 Å². The standard InChI is InChI=1S/C14H14N4O2/c1-9-6-12(18-13(16-9)7-10(2)17-18)14(19)15-8-11-4-3-5-20-11/h3-7H,8H2,1-2H3,(H,15,19). The maximum absolute atomic E-state index is 12.3. The maximum atomic E-state index is 12.3. The highest BCUT2D eigenvalue weighted by Gasteiger charge is 2.13. The van der Waals surface area contributed by atoms with Gasteiger partial charge in [-0.3, -0.25) is 4.79 Å². The molecule has 0 aliphatic carbocycles. The lowest BCUT2D eigenvalue weighted by Gasteiger charge is -2.06. The van der Waals surface area contributed by atoms with Gasteiger partial charge < -0.3 is 9.73 Å². The Bertz CT molecular complexity index is 759. The molecule has 0 saturated carbocycles. The van der Waals surface area contributed by atoms with Gasteiger partial charge >= 0.3 is 0 Å². The van der Waals surface area contributed by atoms with Gasteiger partial charge in [-0.05, 0) is 32.0 Å². The van der Waals surface area contributed by atoms with Crippen LogP contribution in [0.15, 0.2) is 34.9 Å². The largest absolute Gasteiger partial charge is 0.467 e. The van der Waals surface area contributed by atoms with E-state index in [0.717, 1.165) is 11.4 Å². The number of aryl methyl sites for hydroxylation is 2. The van der Waals surface area contributed by atoms with Gasteiger partial charge in [0.05, 0.1) is 18.5 Å². The second-order valence-electron chi connectivity index (χ2n) is 4.60. The number of hydrogen-bond donors (Lipinski definition) is 1. The molecular formula is C14H14N4O2. The van der Waals surface area contributed by atoms with E-state index >= 15 is 0 Å². The first-order chi connectivity index (χ1) is 9.63. The summed E-state index contributed by atoms with van der Waals surface area (Å²) in [5.74, 6) is 0.497. The fraction of sp³-hybridized carbons (Fsp3) is 0.214. The second kappa shape index (κ2) is 4.80. The Morgan fingerprint density at radius 1 is 1.35 bits per heavy atom. The Hall–Kier alpha value is -2.63.